The van der Waals surface area contributed by atoms with Crippen LogP contribution < -0.4 is 11.1 Å². The van der Waals surface area contributed by atoms with Crippen molar-refractivity contribution >= 4 is 17.8 Å². The van der Waals surface area contributed by atoms with Gasteiger partial charge in [-0.15, -0.1) is 5.10 Å². The fourth-order valence-corrected chi connectivity index (χ4v) is 1.80. The Hall–Kier alpha value is -3.43. The SMILES string of the molecule is CN(C)C(=O)CNC(=O)COC(=O)Cn1nc(-c2ccccc2)oc1=O. The average Bonchev–Trinajstić information content (AvgIpc) is 2.99. The summed E-state index contributed by atoms with van der Waals surface area (Å²) in [4.78, 5) is 47.6. The number of rotatable bonds is 7. The van der Waals surface area contributed by atoms with Crippen molar-refractivity contribution in [1.29, 1.82) is 0 Å². The van der Waals surface area contributed by atoms with Gasteiger partial charge in [-0.3, -0.25) is 14.4 Å². The molecule has 1 N–H and O–H groups in total. The lowest BCUT2D eigenvalue weighted by Gasteiger charge is -2.10. The Bertz CT molecular complexity index is 840. The molecule has 0 atom stereocenters. The second kappa shape index (κ2) is 8.60. The fourth-order valence-electron chi connectivity index (χ4n) is 1.80. The number of carbonyl (C=O) groups is 3. The maximum Gasteiger partial charge on any atom is 0.437 e. The van der Waals surface area contributed by atoms with Gasteiger partial charge in [0.05, 0.1) is 6.54 Å². The number of nitrogens with zero attached hydrogens (tertiary/aromatic N) is 3. The molecule has 0 aliphatic rings. The van der Waals surface area contributed by atoms with Crippen molar-refractivity contribution in [3.05, 3.63) is 40.9 Å². The molecule has 0 fully saturated rings. The summed E-state index contributed by atoms with van der Waals surface area (Å²) < 4.78 is 10.5. The third kappa shape index (κ3) is 5.30. The van der Waals surface area contributed by atoms with Crippen molar-refractivity contribution in [3.8, 4) is 11.5 Å². The quantitative estimate of drug-likeness (QED) is 0.643. The summed E-state index contributed by atoms with van der Waals surface area (Å²) in [5, 5.41) is 6.22. The highest BCUT2D eigenvalue weighted by Gasteiger charge is 2.15. The van der Waals surface area contributed by atoms with Crippen LogP contribution in [0.5, 0.6) is 0 Å². The van der Waals surface area contributed by atoms with E-state index in [2.05, 4.69) is 10.4 Å². The summed E-state index contributed by atoms with van der Waals surface area (Å²) in [5.41, 5.74) is 0.585. The molecule has 0 saturated carbocycles. The Morgan fingerprint density at radius 2 is 1.92 bits per heavy atom. The normalized spacial score (nSPS) is 10.2. The van der Waals surface area contributed by atoms with Crippen molar-refractivity contribution < 1.29 is 23.5 Å². The first kappa shape index (κ1) is 18.9. The molecule has 10 heteroatoms. The monoisotopic (exact) mass is 362 g/mol. The second-order valence-electron chi connectivity index (χ2n) is 5.42. The Balaban J connectivity index is 1.85. The molecule has 2 aromatic rings. The molecular formula is C16H18N4O6. The van der Waals surface area contributed by atoms with Gasteiger partial charge in [0.1, 0.15) is 6.54 Å². The number of aromatic nitrogens is 2. The van der Waals surface area contributed by atoms with Gasteiger partial charge in [-0.2, -0.15) is 4.68 Å². The van der Waals surface area contributed by atoms with Crippen LogP contribution in [0.25, 0.3) is 11.5 Å². The van der Waals surface area contributed by atoms with Gasteiger partial charge >= 0.3 is 11.7 Å². The van der Waals surface area contributed by atoms with E-state index < -0.39 is 30.8 Å². The van der Waals surface area contributed by atoms with Gasteiger partial charge in [-0.05, 0) is 12.1 Å². The number of carbonyl (C=O) groups excluding carboxylic acids is 3. The van der Waals surface area contributed by atoms with Crippen molar-refractivity contribution in [3.63, 3.8) is 0 Å². The number of hydrogen-bond donors (Lipinski definition) is 1. The maximum absolute atomic E-state index is 11.7. The molecule has 138 valence electrons. The zero-order valence-electron chi connectivity index (χ0n) is 14.3. The topological polar surface area (TPSA) is 124 Å². The molecule has 0 aliphatic carbocycles. The third-order valence-electron chi connectivity index (χ3n) is 3.21. The molecule has 1 aromatic carbocycles. The zero-order valence-corrected chi connectivity index (χ0v) is 14.3. The molecule has 2 amide bonds. The van der Waals surface area contributed by atoms with Crippen LogP contribution in [0.3, 0.4) is 0 Å². The number of nitrogens with one attached hydrogen (secondary N) is 1. The highest BCUT2D eigenvalue weighted by atomic mass is 16.5. The maximum atomic E-state index is 11.7. The van der Waals surface area contributed by atoms with Gasteiger partial charge in [0, 0.05) is 19.7 Å². The van der Waals surface area contributed by atoms with E-state index >= 15 is 0 Å². The van der Waals surface area contributed by atoms with Gasteiger partial charge < -0.3 is 19.4 Å². The van der Waals surface area contributed by atoms with E-state index in [-0.39, 0.29) is 18.3 Å². The molecule has 1 heterocycles. The molecule has 0 spiro atoms. The number of ether oxygens (including phenoxy) is 1. The van der Waals surface area contributed by atoms with E-state index in [1.54, 1.807) is 44.4 Å². The summed E-state index contributed by atoms with van der Waals surface area (Å²) in [6.07, 6.45) is 0. The molecule has 0 saturated heterocycles. The number of likely N-dealkylation sites (N-methyl/N-ethyl adjacent to an activating group) is 1. The lowest BCUT2D eigenvalue weighted by molar-refractivity contribution is -0.149. The first-order chi connectivity index (χ1) is 12.4. The van der Waals surface area contributed by atoms with Crippen LogP contribution in [0, 0.1) is 0 Å². The zero-order chi connectivity index (χ0) is 19.1. The molecule has 10 nitrogen and oxygen atoms in total. The summed E-state index contributed by atoms with van der Waals surface area (Å²) in [7, 11) is 3.10. The van der Waals surface area contributed by atoms with Gasteiger partial charge in [0.25, 0.3) is 5.91 Å². The number of hydrogen-bond acceptors (Lipinski definition) is 7. The molecule has 0 bridgehead atoms. The van der Waals surface area contributed by atoms with E-state index in [1.807, 2.05) is 0 Å². The molecule has 26 heavy (non-hydrogen) atoms. The van der Waals surface area contributed by atoms with Crippen LogP contribution in [-0.4, -0.2) is 59.7 Å². The summed E-state index contributed by atoms with van der Waals surface area (Å²) in [6, 6.07) is 8.71. The Kier molecular flexibility index (Phi) is 6.25. The summed E-state index contributed by atoms with van der Waals surface area (Å²) >= 11 is 0. The standard InChI is InChI=1S/C16H18N4O6/c1-19(2)13(22)8-17-12(21)10-25-14(23)9-20-16(24)26-15(18-20)11-6-4-3-5-7-11/h3-7H,8-10H2,1-2H3,(H,17,21). The molecule has 0 aliphatic heterocycles. The molecular weight excluding hydrogens is 344 g/mol. The minimum absolute atomic E-state index is 0.0725. The molecule has 1 aromatic heterocycles. The Morgan fingerprint density at radius 3 is 2.58 bits per heavy atom. The lowest BCUT2D eigenvalue weighted by atomic mass is 10.2. The highest BCUT2D eigenvalue weighted by molar-refractivity contribution is 5.86. The number of amides is 2. The van der Waals surface area contributed by atoms with Crippen molar-refractivity contribution in [2.75, 3.05) is 27.2 Å². The number of esters is 1. The van der Waals surface area contributed by atoms with Crippen molar-refractivity contribution in [1.82, 2.24) is 20.0 Å². The van der Waals surface area contributed by atoms with Crippen LogP contribution in [0.1, 0.15) is 0 Å². The van der Waals surface area contributed by atoms with Gasteiger partial charge in [-0.25, -0.2) is 4.79 Å². The predicted octanol–water partition coefficient (Wildman–Crippen LogP) is -0.749. The van der Waals surface area contributed by atoms with Crippen LogP contribution in [0.15, 0.2) is 39.5 Å². The van der Waals surface area contributed by atoms with E-state index in [0.717, 1.165) is 4.68 Å². The first-order valence-corrected chi connectivity index (χ1v) is 7.62. The van der Waals surface area contributed by atoms with Gasteiger partial charge in [0.15, 0.2) is 6.61 Å². The predicted molar refractivity (Wildman–Crippen MR) is 88.9 cm³/mol. The smallest absolute Gasteiger partial charge is 0.437 e. The van der Waals surface area contributed by atoms with Crippen LogP contribution >= 0.6 is 0 Å². The van der Waals surface area contributed by atoms with Crippen molar-refractivity contribution in [2.24, 2.45) is 0 Å². The van der Waals surface area contributed by atoms with Crippen LogP contribution in [0.2, 0.25) is 0 Å². The van der Waals surface area contributed by atoms with Crippen LogP contribution in [-0.2, 0) is 25.7 Å². The largest absolute Gasteiger partial charge is 0.454 e. The van der Waals surface area contributed by atoms with Crippen molar-refractivity contribution in [2.45, 2.75) is 6.54 Å². The van der Waals surface area contributed by atoms with Crippen LogP contribution in [0.4, 0.5) is 0 Å². The Labute approximate surface area is 148 Å². The molecule has 0 radical (unpaired) electrons. The fraction of sp³-hybridized carbons (Fsp3) is 0.312. The minimum atomic E-state index is -0.839. The van der Waals surface area contributed by atoms with E-state index in [0.29, 0.717) is 5.56 Å². The Morgan fingerprint density at radius 1 is 1.23 bits per heavy atom. The summed E-state index contributed by atoms with van der Waals surface area (Å²) in [6.45, 7) is -1.27. The average molecular weight is 362 g/mol. The van der Waals surface area contributed by atoms with E-state index in [4.69, 9.17) is 9.15 Å². The van der Waals surface area contributed by atoms with Gasteiger partial charge in [0.2, 0.25) is 11.8 Å². The summed E-state index contributed by atoms with van der Waals surface area (Å²) in [5.74, 6) is -2.52. The highest BCUT2D eigenvalue weighted by Crippen LogP contribution is 2.13. The first-order valence-electron chi connectivity index (χ1n) is 7.62. The molecule has 2 rings (SSSR count). The third-order valence-corrected chi connectivity index (χ3v) is 3.21. The number of benzene rings is 1. The molecule has 0 unspecified atom stereocenters. The van der Waals surface area contributed by atoms with E-state index in [9.17, 15) is 19.2 Å². The second-order valence-corrected chi connectivity index (χ2v) is 5.42. The minimum Gasteiger partial charge on any atom is -0.454 e. The van der Waals surface area contributed by atoms with E-state index in [1.165, 1.54) is 4.90 Å². The van der Waals surface area contributed by atoms with Gasteiger partial charge in [-0.1, -0.05) is 18.2 Å². The lowest BCUT2D eigenvalue weighted by Crippen LogP contribution is -2.38.